The number of carbonyl (C=O) groups is 2. The first-order chi connectivity index (χ1) is 14.1. The van der Waals surface area contributed by atoms with Crippen molar-refractivity contribution < 1.29 is 9.59 Å². The Morgan fingerprint density at radius 3 is 2.14 bits per heavy atom. The van der Waals surface area contributed by atoms with Crippen molar-refractivity contribution in [2.75, 3.05) is 32.7 Å². The van der Waals surface area contributed by atoms with Crippen molar-refractivity contribution in [2.45, 2.75) is 50.9 Å². The summed E-state index contributed by atoms with van der Waals surface area (Å²) >= 11 is 0. The van der Waals surface area contributed by atoms with E-state index in [4.69, 9.17) is 5.84 Å². The third-order valence-electron chi connectivity index (χ3n) is 7.21. The maximum absolute atomic E-state index is 12.0. The van der Waals surface area contributed by atoms with Crippen molar-refractivity contribution in [3.05, 3.63) is 35.4 Å². The van der Waals surface area contributed by atoms with E-state index in [9.17, 15) is 9.59 Å². The largest absolute Gasteiger partial charge is 0.303 e. The normalized spacial score (nSPS) is 25.9. The summed E-state index contributed by atoms with van der Waals surface area (Å²) in [5.74, 6) is 7.15. The number of piperidine rings is 3. The zero-order valence-electron chi connectivity index (χ0n) is 17.3. The summed E-state index contributed by atoms with van der Waals surface area (Å²) < 4.78 is 0. The van der Waals surface area contributed by atoms with Gasteiger partial charge in [0.2, 0.25) is 11.8 Å². The molecule has 3 saturated heterocycles. The Kier molecular flexibility index (Phi) is 6.63. The molecule has 1 atom stereocenters. The molecule has 1 aromatic rings. The van der Waals surface area contributed by atoms with Crippen molar-refractivity contribution in [3.63, 3.8) is 0 Å². The third-order valence-corrected chi connectivity index (χ3v) is 7.21. The van der Waals surface area contributed by atoms with Crippen LogP contribution in [0.15, 0.2) is 24.3 Å². The number of nitrogens with zero attached hydrogens (tertiary/aromatic N) is 2. The minimum atomic E-state index is -0.188. The third kappa shape index (κ3) is 5.24. The zero-order chi connectivity index (χ0) is 20.2. The summed E-state index contributed by atoms with van der Waals surface area (Å²) in [7, 11) is 0. The Labute approximate surface area is 173 Å². The molecule has 0 radical (unpaired) electrons. The molecule has 3 aliphatic heterocycles. The van der Waals surface area contributed by atoms with Crippen LogP contribution < -0.4 is 11.2 Å². The maximum atomic E-state index is 12.0. The summed E-state index contributed by atoms with van der Waals surface area (Å²) in [5, 5.41) is 4.42. The number of likely N-dealkylation sites (tertiary alicyclic amines) is 1. The molecule has 3 fully saturated rings. The average Bonchev–Trinajstić information content (AvgIpc) is 2.74. The molecule has 1 aromatic carbocycles. The van der Waals surface area contributed by atoms with E-state index in [1.807, 2.05) is 5.01 Å². The molecule has 3 aliphatic rings. The van der Waals surface area contributed by atoms with Gasteiger partial charge < -0.3 is 4.90 Å². The lowest BCUT2D eigenvalue weighted by Gasteiger charge is -2.39. The number of carbonyl (C=O) groups excluding carboxylic acids is 2. The van der Waals surface area contributed by atoms with Gasteiger partial charge in [-0.25, -0.2) is 5.01 Å². The van der Waals surface area contributed by atoms with Gasteiger partial charge in [0.1, 0.15) is 0 Å². The van der Waals surface area contributed by atoms with E-state index in [-0.39, 0.29) is 17.7 Å². The molecule has 0 aliphatic carbocycles. The Morgan fingerprint density at radius 1 is 0.897 bits per heavy atom. The van der Waals surface area contributed by atoms with Crippen molar-refractivity contribution in [2.24, 2.45) is 17.7 Å². The minimum absolute atomic E-state index is 0.156. The van der Waals surface area contributed by atoms with Crippen LogP contribution in [-0.2, 0) is 16.0 Å². The number of nitrogens with one attached hydrogen (secondary N) is 1. The quantitative estimate of drug-likeness (QED) is 0.586. The Hall–Kier alpha value is -1.76. The van der Waals surface area contributed by atoms with Gasteiger partial charge in [0.05, 0.1) is 5.92 Å². The molecule has 0 spiro atoms. The highest BCUT2D eigenvalue weighted by atomic mass is 16.2. The second kappa shape index (κ2) is 9.37. The molecule has 1 unspecified atom stereocenters. The highest BCUT2D eigenvalue weighted by molar-refractivity contribution is 6.00. The average molecular weight is 399 g/mol. The van der Waals surface area contributed by atoms with E-state index in [1.165, 1.54) is 44.3 Å². The van der Waals surface area contributed by atoms with Crippen LogP contribution in [0.4, 0.5) is 0 Å². The van der Waals surface area contributed by atoms with Crippen LogP contribution in [-0.4, -0.2) is 54.4 Å². The Balaban J connectivity index is 1.21. The number of imide groups is 1. The van der Waals surface area contributed by atoms with E-state index >= 15 is 0 Å². The van der Waals surface area contributed by atoms with Crippen LogP contribution in [0.25, 0.3) is 0 Å². The van der Waals surface area contributed by atoms with Gasteiger partial charge in [-0.15, -0.1) is 0 Å². The van der Waals surface area contributed by atoms with E-state index in [0.717, 1.165) is 43.5 Å². The van der Waals surface area contributed by atoms with Crippen molar-refractivity contribution >= 4 is 11.8 Å². The fraction of sp³-hybridized carbons (Fsp3) is 0.652. The molecule has 3 N–H and O–H groups in total. The minimum Gasteiger partial charge on any atom is -0.303 e. The highest BCUT2D eigenvalue weighted by Crippen LogP contribution is 2.32. The summed E-state index contributed by atoms with van der Waals surface area (Å²) in [5.41, 5.74) is 2.33. The van der Waals surface area contributed by atoms with Gasteiger partial charge in [-0.1, -0.05) is 24.3 Å². The second-order valence-corrected chi connectivity index (χ2v) is 9.05. The second-order valence-electron chi connectivity index (χ2n) is 9.05. The van der Waals surface area contributed by atoms with Crippen LogP contribution in [0, 0.1) is 11.8 Å². The van der Waals surface area contributed by atoms with Crippen LogP contribution >= 0.6 is 0 Å². The van der Waals surface area contributed by atoms with Gasteiger partial charge >= 0.3 is 0 Å². The van der Waals surface area contributed by atoms with Crippen molar-refractivity contribution in [1.29, 1.82) is 0 Å². The molecule has 4 rings (SSSR count). The van der Waals surface area contributed by atoms with Gasteiger partial charge in [-0.3, -0.25) is 20.7 Å². The standard InChI is InChI=1S/C23H34N4O2/c24-27-15-10-19(11-16-27)18-8-13-26(14-9-18)12-7-17-1-3-20(4-2-17)21-5-6-22(28)25-23(21)29/h1-4,18-19,21H,5-16,24H2,(H,25,28,29). The SMILES string of the molecule is NN1CCC(C2CCN(CCc3ccc(C4CCC(=O)NC4=O)cc3)CC2)CC1. The fourth-order valence-corrected chi connectivity index (χ4v) is 5.25. The highest BCUT2D eigenvalue weighted by Gasteiger charge is 2.29. The number of hydrogen-bond donors (Lipinski definition) is 2. The summed E-state index contributed by atoms with van der Waals surface area (Å²) in [6, 6.07) is 8.41. The van der Waals surface area contributed by atoms with Gasteiger partial charge in [-0.05, 0) is 74.6 Å². The molecule has 0 bridgehead atoms. The molecule has 2 amide bonds. The molecule has 0 aromatic heterocycles. The van der Waals surface area contributed by atoms with Gasteiger partial charge in [-0.2, -0.15) is 0 Å². The molecule has 3 heterocycles. The maximum Gasteiger partial charge on any atom is 0.234 e. The van der Waals surface area contributed by atoms with E-state index in [2.05, 4.69) is 34.5 Å². The number of amides is 2. The number of rotatable bonds is 5. The van der Waals surface area contributed by atoms with Crippen molar-refractivity contribution in [3.8, 4) is 0 Å². The molecule has 29 heavy (non-hydrogen) atoms. The van der Waals surface area contributed by atoms with E-state index in [0.29, 0.717) is 12.8 Å². The lowest BCUT2D eigenvalue weighted by atomic mass is 9.79. The van der Waals surface area contributed by atoms with E-state index < -0.39 is 0 Å². The lowest BCUT2D eigenvalue weighted by molar-refractivity contribution is -0.134. The Bertz CT molecular complexity index is 704. The number of hydrogen-bond acceptors (Lipinski definition) is 5. The summed E-state index contributed by atoms with van der Waals surface area (Å²) in [6.45, 7) is 5.63. The summed E-state index contributed by atoms with van der Waals surface area (Å²) in [6.07, 6.45) is 7.27. The number of benzene rings is 1. The van der Waals surface area contributed by atoms with Gasteiger partial charge in [0.25, 0.3) is 0 Å². The smallest absolute Gasteiger partial charge is 0.234 e. The monoisotopic (exact) mass is 398 g/mol. The molecular formula is C23H34N4O2. The molecule has 0 saturated carbocycles. The zero-order valence-corrected chi connectivity index (χ0v) is 17.3. The molecule has 6 nitrogen and oxygen atoms in total. The van der Waals surface area contributed by atoms with Gasteiger partial charge in [0.15, 0.2) is 0 Å². The first-order valence-corrected chi connectivity index (χ1v) is 11.2. The van der Waals surface area contributed by atoms with Crippen LogP contribution in [0.3, 0.4) is 0 Å². The lowest BCUT2D eigenvalue weighted by Crippen LogP contribution is -2.43. The Morgan fingerprint density at radius 2 is 1.52 bits per heavy atom. The first-order valence-electron chi connectivity index (χ1n) is 11.2. The summed E-state index contributed by atoms with van der Waals surface area (Å²) in [4.78, 5) is 26.0. The predicted octanol–water partition coefficient (Wildman–Crippen LogP) is 2.05. The molecule has 158 valence electrons. The van der Waals surface area contributed by atoms with E-state index in [1.54, 1.807) is 0 Å². The molecular weight excluding hydrogens is 364 g/mol. The molecule has 6 heteroatoms. The first kappa shape index (κ1) is 20.5. The van der Waals surface area contributed by atoms with Crippen molar-refractivity contribution in [1.82, 2.24) is 15.2 Å². The van der Waals surface area contributed by atoms with Crippen LogP contribution in [0.5, 0.6) is 0 Å². The van der Waals surface area contributed by atoms with Gasteiger partial charge in [0, 0.05) is 26.1 Å². The fourth-order valence-electron chi connectivity index (χ4n) is 5.25. The number of hydrazine groups is 1. The number of nitrogens with two attached hydrogens (primary N) is 1. The predicted molar refractivity (Wildman–Crippen MR) is 113 cm³/mol. The topological polar surface area (TPSA) is 78.7 Å². The van der Waals surface area contributed by atoms with Crippen LogP contribution in [0.2, 0.25) is 0 Å². The van der Waals surface area contributed by atoms with Crippen LogP contribution in [0.1, 0.15) is 55.6 Å².